The molecular weight excluding hydrogens is 248 g/mol. The minimum absolute atomic E-state index is 0.137. The van der Waals surface area contributed by atoms with E-state index in [-0.39, 0.29) is 28.5 Å². The van der Waals surface area contributed by atoms with Crippen molar-refractivity contribution >= 4 is 11.6 Å². The molecule has 1 saturated carbocycles. The highest BCUT2D eigenvalue weighted by molar-refractivity contribution is 5.98. The van der Waals surface area contributed by atoms with Gasteiger partial charge in [-0.15, -0.1) is 5.10 Å². The third-order valence-corrected chi connectivity index (χ3v) is 3.59. The van der Waals surface area contributed by atoms with Crippen molar-refractivity contribution in [1.82, 2.24) is 29.7 Å². The lowest BCUT2D eigenvalue weighted by Gasteiger charge is -2.38. The Hall–Kier alpha value is -2.25. The summed E-state index contributed by atoms with van der Waals surface area (Å²) in [5, 5.41) is 10.4. The molecule has 0 aromatic carbocycles. The zero-order chi connectivity index (χ0) is 13.6. The number of fused-ring (bicyclic) bond motifs is 1. The molecule has 19 heavy (non-hydrogen) atoms. The van der Waals surface area contributed by atoms with Gasteiger partial charge in [-0.1, -0.05) is 5.21 Å². The van der Waals surface area contributed by atoms with E-state index in [4.69, 9.17) is 0 Å². The van der Waals surface area contributed by atoms with Gasteiger partial charge in [-0.3, -0.25) is 4.79 Å². The highest BCUT2D eigenvalue weighted by atomic mass is 16.2. The van der Waals surface area contributed by atoms with Crippen molar-refractivity contribution in [1.29, 1.82) is 0 Å². The Balaban J connectivity index is 1.99. The van der Waals surface area contributed by atoms with E-state index in [1.165, 1.54) is 17.8 Å². The van der Waals surface area contributed by atoms with Gasteiger partial charge in [0.1, 0.15) is 6.33 Å². The maximum absolute atomic E-state index is 12.2. The Morgan fingerprint density at radius 2 is 2.21 bits per heavy atom. The Kier molecular flexibility index (Phi) is 2.41. The molecule has 0 bridgehead atoms. The molecule has 0 saturated heterocycles. The first-order valence-electron chi connectivity index (χ1n) is 6.10. The second-order valence-electron chi connectivity index (χ2n) is 5.15. The van der Waals surface area contributed by atoms with E-state index in [1.54, 1.807) is 0 Å². The van der Waals surface area contributed by atoms with Crippen molar-refractivity contribution in [3.8, 4) is 0 Å². The fraction of sp³-hybridized carbons (Fsp3) is 0.545. The predicted octanol–water partition coefficient (Wildman–Crippen LogP) is -0.505. The SMILES string of the molecule is Cn1nnc2c(C(=O)NC3(C)CCC3)ncn2c1=O. The average molecular weight is 262 g/mol. The molecule has 1 N–H and O–H groups in total. The smallest absolute Gasteiger partial charge is 0.345 e. The molecular formula is C11H14N6O2. The molecule has 1 amide bonds. The molecule has 3 rings (SSSR count). The first-order valence-corrected chi connectivity index (χ1v) is 6.10. The predicted molar refractivity (Wildman–Crippen MR) is 65.7 cm³/mol. The van der Waals surface area contributed by atoms with Crippen molar-refractivity contribution in [3.05, 3.63) is 22.5 Å². The Labute approximate surface area is 108 Å². The van der Waals surface area contributed by atoms with E-state index in [9.17, 15) is 9.59 Å². The molecule has 0 spiro atoms. The van der Waals surface area contributed by atoms with Crippen molar-refractivity contribution in [3.63, 3.8) is 0 Å². The van der Waals surface area contributed by atoms with Crippen LogP contribution in [-0.4, -0.2) is 35.8 Å². The summed E-state index contributed by atoms with van der Waals surface area (Å²) in [6.45, 7) is 2.00. The molecule has 0 atom stereocenters. The molecule has 8 heteroatoms. The van der Waals surface area contributed by atoms with Crippen molar-refractivity contribution in [2.24, 2.45) is 7.05 Å². The Morgan fingerprint density at radius 1 is 1.47 bits per heavy atom. The highest BCUT2D eigenvalue weighted by Crippen LogP contribution is 2.31. The summed E-state index contributed by atoms with van der Waals surface area (Å²) >= 11 is 0. The van der Waals surface area contributed by atoms with Crippen LogP contribution in [0, 0.1) is 0 Å². The van der Waals surface area contributed by atoms with Crippen LogP contribution in [0.15, 0.2) is 11.1 Å². The number of carbonyl (C=O) groups excluding carboxylic acids is 1. The largest absolute Gasteiger partial charge is 0.352 e. The van der Waals surface area contributed by atoms with Crippen LogP contribution in [0.1, 0.15) is 36.7 Å². The number of amides is 1. The molecule has 0 unspecified atom stereocenters. The third-order valence-electron chi connectivity index (χ3n) is 3.59. The summed E-state index contributed by atoms with van der Waals surface area (Å²) in [6.07, 6.45) is 4.32. The monoisotopic (exact) mass is 262 g/mol. The highest BCUT2D eigenvalue weighted by Gasteiger charge is 2.34. The van der Waals surface area contributed by atoms with Gasteiger partial charge in [0.2, 0.25) is 0 Å². The maximum atomic E-state index is 12.2. The summed E-state index contributed by atoms with van der Waals surface area (Å²) < 4.78 is 2.30. The van der Waals surface area contributed by atoms with Gasteiger partial charge in [0.25, 0.3) is 5.91 Å². The van der Waals surface area contributed by atoms with Crippen LogP contribution in [0.3, 0.4) is 0 Å². The second kappa shape index (κ2) is 3.87. The van der Waals surface area contributed by atoms with Gasteiger partial charge in [-0.05, 0) is 26.2 Å². The van der Waals surface area contributed by atoms with Gasteiger partial charge in [0.05, 0.1) is 0 Å². The number of hydrogen-bond acceptors (Lipinski definition) is 5. The minimum atomic E-state index is -0.383. The van der Waals surface area contributed by atoms with Crippen LogP contribution in [-0.2, 0) is 7.05 Å². The number of aromatic nitrogens is 5. The zero-order valence-corrected chi connectivity index (χ0v) is 10.8. The van der Waals surface area contributed by atoms with Gasteiger partial charge < -0.3 is 5.32 Å². The third kappa shape index (κ3) is 1.79. The molecule has 0 aliphatic heterocycles. The minimum Gasteiger partial charge on any atom is -0.345 e. The van der Waals surface area contributed by atoms with Crippen molar-refractivity contribution in [2.75, 3.05) is 0 Å². The summed E-state index contributed by atoms with van der Waals surface area (Å²) in [5.41, 5.74) is -0.228. The van der Waals surface area contributed by atoms with Gasteiger partial charge in [0, 0.05) is 12.6 Å². The molecule has 2 aromatic rings. The fourth-order valence-corrected chi connectivity index (χ4v) is 2.21. The van der Waals surface area contributed by atoms with E-state index < -0.39 is 0 Å². The molecule has 2 aromatic heterocycles. The number of imidazole rings is 1. The van der Waals surface area contributed by atoms with Gasteiger partial charge >= 0.3 is 5.69 Å². The number of rotatable bonds is 2. The topological polar surface area (TPSA) is 94.2 Å². The lowest BCUT2D eigenvalue weighted by Crippen LogP contribution is -2.51. The molecule has 1 fully saturated rings. The van der Waals surface area contributed by atoms with Crippen LogP contribution >= 0.6 is 0 Å². The lowest BCUT2D eigenvalue weighted by molar-refractivity contribution is 0.0847. The molecule has 100 valence electrons. The summed E-state index contributed by atoms with van der Waals surface area (Å²) in [6, 6.07) is 0. The van der Waals surface area contributed by atoms with Crippen LogP contribution < -0.4 is 11.0 Å². The lowest BCUT2D eigenvalue weighted by atomic mass is 9.78. The van der Waals surface area contributed by atoms with E-state index in [0.717, 1.165) is 23.9 Å². The average Bonchev–Trinajstić information content (AvgIpc) is 2.76. The number of nitrogens with zero attached hydrogens (tertiary/aromatic N) is 5. The number of carbonyl (C=O) groups is 1. The summed E-state index contributed by atoms with van der Waals surface area (Å²) in [5.74, 6) is -0.313. The summed E-state index contributed by atoms with van der Waals surface area (Å²) in [7, 11) is 1.49. The molecule has 8 nitrogen and oxygen atoms in total. The van der Waals surface area contributed by atoms with Gasteiger partial charge in [-0.25, -0.2) is 14.2 Å². The van der Waals surface area contributed by atoms with Crippen LogP contribution in [0.25, 0.3) is 5.65 Å². The number of hydrogen-bond donors (Lipinski definition) is 1. The fourth-order valence-electron chi connectivity index (χ4n) is 2.21. The maximum Gasteiger partial charge on any atom is 0.352 e. The molecule has 0 radical (unpaired) electrons. The first-order chi connectivity index (χ1) is 9.00. The normalized spacial score (nSPS) is 17.2. The Morgan fingerprint density at radius 3 is 2.84 bits per heavy atom. The molecule has 1 aliphatic rings. The Bertz CT molecular complexity index is 712. The van der Waals surface area contributed by atoms with Gasteiger partial charge in [0.15, 0.2) is 11.3 Å². The van der Waals surface area contributed by atoms with E-state index >= 15 is 0 Å². The van der Waals surface area contributed by atoms with Crippen LogP contribution in [0.4, 0.5) is 0 Å². The molecule has 1 aliphatic carbocycles. The summed E-state index contributed by atoms with van der Waals surface area (Å²) in [4.78, 5) is 27.9. The number of nitrogens with one attached hydrogen (secondary N) is 1. The van der Waals surface area contributed by atoms with Crippen molar-refractivity contribution in [2.45, 2.75) is 31.7 Å². The van der Waals surface area contributed by atoms with Gasteiger partial charge in [-0.2, -0.15) is 4.68 Å². The second-order valence-corrected chi connectivity index (χ2v) is 5.15. The zero-order valence-electron chi connectivity index (χ0n) is 10.8. The van der Waals surface area contributed by atoms with Crippen molar-refractivity contribution < 1.29 is 4.79 Å². The standard InChI is InChI=1S/C11H14N6O2/c1-11(4-3-5-11)13-9(18)7-8-14-15-16(2)10(19)17(8)6-12-7/h6H,3-5H2,1-2H3,(H,13,18). The van der Waals surface area contributed by atoms with E-state index in [2.05, 4.69) is 20.6 Å². The first kappa shape index (κ1) is 11.8. The molecule has 2 heterocycles. The van der Waals surface area contributed by atoms with E-state index in [0.29, 0.717) is 0 Å². The quantitative estimate of drug-likeness (QED) is 0.787. The van der Waals surface area contributed by atoms with E-state index in [1.807, 2.05) is 6.92 Å². The van der Waals surface area contributed by atoms with Crippen LogP contribution in [0.5, 0.6) is 0 Å². The van der Waals surface area contributed by atoms with Crippen LogP contribution in [0.2, 0.25) is 0 Å². The number of aryl methyl sites for hydroxylation is 1.